The van der Waals surface area contributed by atoms with Crippen molar-refractivity contribution in [1.29, 1.82) is 0 Å². The van der Waals surface area contributed by atoms with E-state index in [9.17, 15) is 4.79 Å². The first-order valence-electron chi connectivity index (χ1n) is 7.97. The number of hydrogen-bond acceptors (Lipinski definition) is 5. The molecule has 0 saturated heterocycles. The van der Waals surface area contributed by atoms with Gasteiger partial charge in [0, 0.05) is 35.4 Å². The highest BCUT2D eigenvalue weighted by molar-refractivity contribution is 9.10. The molecule has 0 unspecified atom stereocenters. The van der Waals surface area contributed by atoms with Gasteiger partial charge in [0.2, 0.25) is 0 Å². The van der Waals surface area contributed by atoms with Gasteiger partial charge in [0.15, 0.2) is 0 Å². The lowest BCUT2D eigenvalue weighted by molar-refractivity contribution is 0.0950. The molecule has 0 aliphatic heterocycles. The third-order valence-corrected chi connectivity index (χ3v) is 4.31. The lowest BCUT2D eigenvalue weighted by Gasteiger charge is -2.23. The molecule has 25 heavy (non-hydrogen) atoms. The Hall–Kier alpha value is -2.41. The van der Waals surface area contributed by atoms with Crippen molar-refractivity contribution >= 4 is 33.7 Å². The van der Waals surface area contributed by atoms with E-state index in [-0.39, 0.29) is 5.91 Å². The summed E-state index contributed by atoms with van der Waals surface area (Å²) in [6, 6.07) is 9.00. The zero-order chi connectivity index (χ0) is 18.2. The molecular weight excluding hydrogens is 384 g/mol. The SMILES string of the molecule is CCN(CC)c1cc(OC)c(/C=N\NC(=O)c2ccccn2)cc1Br. The van der Waals surface area contributed by atoms with Gasteiger partial charge in [0.25, 0.3) is 5.91 Å². The van der Waals surface area contributed by atoms with E-state index in [2.05, 4.69) is 50.2 Å². The minimum Gasteiger partial charge on any atom is -0.496 e. The molecule has 6 nitrogen and oxygen atoms in total. The Kier molecular flexibility index (Phi) is 6.94. The summed E-state index contributed by atoms with van der Waals surface area (Å²) in [6.45, 7) is 5.99. The highest BCUT2D eigenvalue weighted by Crippen LogP contribution is 2.33. The molecule has 0 spiro atoms. The molecule has 0 saturated carbocycles. The molecule has 0 bridgehead atoms. The second kappa shape index (κ2) is 9.17. The molecule has 1 heterocycles. The highest BCUT2D eigenvalue weighted by atomic mass is 79.9. The third-order valence-electron chi connectivity index (χ3n) is 3.67. The minimum atomic E-state index is -0.366. The van der Waals surface area contributed by atoms with Crippen LogP contribution in [0.25, 0.3) is 0 Å². The Bertz CT molecular complexity index is 746. The zero-order valence-corrected chi connectivity index (χ0v) is 16.1. The molecule has 2 rings (SSSR count). The third kappa shape index (κ3) is 4.79. The number of aromatic nitrogens is 1. The quantitative estimate of drug-likeness (QED) is 0.566. The van der Waals surface area contributed by atoms with Crippen molar-refractivity contribution in [2.75, 3.05) is 25.1 Å². The average Bonchev–Trinajstić information content (AvgIpc) is 2.64. The number of carbonyl (C=O) groups is 1. The fraction of sp³-hybridized carbons (Fsp3) is 0.278. The van der Waals surface area contributed by atoms with Crippen LogP contribution in [0.2, 0.25) is 0 Å². The summed E-state index contributed by atoms with van der Waals surface area (Å²) >= 11 is 3.59. The molecule has 7 heteroatoms. The van der Waals surface area contributed by atoms with Gasteiger partial charge in [-0.1, -0.05) is 6.07 Å². The fourth-order valence-corrected chi connectivity index (χ4v) is 2.97. The fourth-order valence-electron chi connectivity index (χ4n) is 2.36. The maximum Gasteiger partial charge on any atom is 0.289 e. The molecule has 1 N–H and O–H groups in total. The molecule has 0 radical (unpaired) electrons. The van der Waals surface area contributed by atoms with Crippen molar-refractivity contribution in [3.8, 4) is 5.75 Å². The van der Waals surface area contributed by atoms with Crippen molar-refractivity contribution in [2.45, 2.75) is 13.8 Å². The van der Waals surface area contributed by atoms with E-state index in [1.54, 1.807) is 37.7 Å². The minimum absolute atomic E-state index is 0.310. The van der Waals surface area contributed by atoms with Crippen LogP contribution in [0, 0.1) is 0 Å². The molecular formula is C18H21BrN4O2. The maximum atomic E-state index is 11.9. The molecule has 0 aliphatic rings. The summed E-state index contributed by atoms with van der Waals surface area (Å²) in [6.07, 6.45) is 3.11. The molecule has 2 aromatic rings. The van der Waals surface area contributed by atoms with E-state index in [1.807, 2.05) is 12.1 Å². The van der Waals surface area contributed by atoms with Gasteiger partial charge in [0.1, 0.15) is 11.4 Å². The molecule has 1 aromatic heterocycles. The summed E-state index contributed by atoms with van der Waals surface area (Å²) < 4.78 is 6.40. The lowest BCUT2D eigenvalue weighted by atomic mass is 10.2. The maximum absolute atomic E-state index is 11.9. The summed E-state index contributed by atoms with van der Waals surface area (Å²) in [5, 5.41) is 4.00. The molecule has 1 aromatic carbocycles. The van der Waals surface area contributed by atoms with Gasteiger partial charge in [-0.3, -0.25) is 9.78 Å². The van der Waals surface area contributed by atoms with Crippen molar-refractivity contribution < 1.29 is 9.53 Å². The van der Waals surface area contributed by atoms with Gasteiger partial charge in [-0.25, -0.2) is 5.43 Å². The van der Waals surface area contributed by atoms with Crippen molar-refractivity contribution in [3.63, 3.8) is 0 Å². The predicted molar refractivity (Wildman–Crippen MR) is 104 cm³/mol. The van der Waals surface area contributed by atoms with E-state index in [4.69, 9.17) is 4.74 Å². The first-order chi connectivity index (χ1) is 12.1. The Balaban J connectivity index is 2.18. The number of benzene rings is 1. The number of carbonyl (C=O) groups excluding carboxylic acids is 1. The number of ether oxygens (including phenoxy) is 1. The molecule has 132 valence electrons. The number of hydrogen-bond donors (Lipinski definition) is 1. The molecule has 1 amide bonds. The second-order valence-electron chi connectivity index (χ2n) is 5.13. The number of anilines is 1. The molecule has 0 atom stereocenters. The number of halogens is 1. The van der Waals surface area contributed by atoms with Crippen LogP contribution >= 0.6 is 15.9 Å². The van der Waals surface area contributed by atoms with Gasteiger partial charge in [-0.2, -0.15) is 5.10 Å². The number of amides is 1. The largest absolute Gasteiger partial charge is 0.496 e. The Morgan fingerprint density at radius 1 is 1.36 bits per heavy atom. The lowest BCUT2D eigenvalue weighted by Crippen LogP contribution is -2.22. The van der Waals surface area contributed by atoms with Crippen LogP contribution in [0.4, 0.5) is 5.69 Å². The van der Waals surface area contributed by atoms with Crippen LogP contribution in [0.1, 0.15) is 29.9 Å². The van der Waals surface area contributed by atoms with E-state index in [1.165, 1.54) is 0 Å². The predicted octanol–water partition coefficient (Wildman–Crippen LogP) is 3.46. The number of hydrazone groups is 1. The van der Waals surface area contributed by atoms with Crippen molar-refractivity contribution in [2.24, 2.45) is 5.10 Å². The average molecular weight is 405 g/mol. The highest BCUT2D eigenvalue weighted by Gasteiger charge is 2.12. The van der Waals surface area contributed by atoms with Crippen molar-refractivity contribution in [3.05, 3.63) is 52.3 Å². The van der Waals surface area contributed by atoms with Gasteiger partial charge in [-0.15, -0.1) is 0 Å². The van der Waals surface area contributed by atoms with E-state index in [0.717, 1.165) is 28.8 Å². The van der Waals surface area contributed by atoms with E-state index >= 15 is 0 Å². The Morgan fingerprint density at radius 3 is 2.72 bits per heavy atom. The normalized spacial score (nSPS) is 10.7. The second-order valence-corrected chi connectivity index (χ2v) is 5.99. The van der Waals surface area contributed by atoms with Crippen LogP contribution in [0.15, 0.2) is 46.1 Å². The van der Waals surface area contributed by atoms with Gasteiger partial charge < -0.3 is 9.64 Å². The van der Waals surface area contributed by atoms with Crippen LogP contribution in [0.3, 0.4) is 0 Å². The Labute approximate surface area is 156 Å². The topological polar surface area (TPSA) is 66.8 Å². The van der Waals surface area contributed by atoms with Gasteiger partial charge >= 0.3 is 0 Å². The van der Waals surface area contributed by atoms with E-state index in [0.29, 0.717) is 11.4 Å². The summed E-state index contributed by atoms with van der Waals surface area (Å²) in [5.74, 6) is 0.315. The first kappa shape index (κ1) is 18.9. The molecule has 0 aliphatic carbocycles. The van der Waals surface area contributed by atoms with Gasteiger partial charge in [0.05, 0.1) is 19.0 Å². The smallest absolute Gasteiger partial charge is 0.289 e. The zero-order valence-electron chi connectivity index (χ0n) is 14.5. The van der Waals surface area contributed by atoms with Crippen molar-refractivity contribution in [1.82, 2.24) is 10.4 Å². The number of pyridine rings is 1. The number of nitrogens with zero attached hydrogens (tertiary/aromatic N) is 3. The first-order valence-corrected chi connectivity index (χ1v) is 8.76. The van der Waals surface area contributed by atoms with Crippen LogP contribution in [0.5, 0.6) is 5.75 Å². The summed E-state index contributed by atoms with van der Waals surface area (Å²) in [4.78, 5) is 18.1. The standard InChI is InChI=1S/C18H21BrN4O2/c1-4-23(5-2)16-11-17(25-3)13(10-14(16)19)12-21-22-18(24)15-8-6-7-9-20-15/h6-12H,4-5H2,1-3H3,(H,22,24)/b21-12-. The van der Waals surface area contributed by atoms with Gasteiger partial charge in [-0.05, 0) is 48.0 Å². The monoisotopic (exact) mass is 404 g/mol. The number of nitrogens with one attached hydrogen (secondary N) is 1. The summed E-state index contributed by atoms with van der Waals surface area (Å²) in [5.41, 5.74) is 4.58. The van der Waals surface area contributed by atoms with Crippen LogP contribution in [-0.4, -0.2) is 37.3 Å². The van der Waals surface area contributed by atoms with Crippen LogP contribution < -0.4 is 15.1 Å². The number of methoxy groups -OCH3 is 1. The molecule has 0 fully saturated rings. The number of rotatable bonds is 7. The van der Waals surface area contributed by atoms with E-state index < -0.39 is 0 Å². The van der Waals surface area contributed by atoms with Crippen LogP contribution in [-0.2, 0) is 0 Å². The summed E-state index contributed by atoms with van der Waals surface area (Å²) in [7, 11) is 1.61. The Morgan fingerprint density at radius 2 is 2.12 bits per heavy atom.